The van der Waals surface area contributed by atoms with E-state index in [9.17, 15) is 0 Å². The summed E-state index contributed by atoms with van der Waals surface area (Å²) in [6.07, 6.45) is 0. The fourth-order valence-electron chi connectivity index (χ4n) is 1.34. The van der Waals surface area contributed by atoms with Gasteiger partial charge in [0.15, 0.2) is 11.9 Å². The Morgan fingerprint density at radius 3 is 2.47 bits per heavy atom. The number of hydrogen-bond acceptors (Lipinski definition) is 3. The summed E-state index contributed by atoms with van der Waals surface area (Å²) in [6.45, 7) is 2.89. The first-order valence-corrected chi connectivity index (χ1v) is 4.97. The molecule has 0 atom stereocenters. The molecule has 0 aromatic carbocycles. The highest BCUT2D eigenvalue weighted by atomic mass is 16.5. The number of nitrogens with one attached hydrogen (secondary N) is 2. The number of ether oxygens (including phenoxy) is 1. The van der Waals surface area contributed by atoms with Gasteiger partial charge in [-0.1, -0.05) is 0 Å². The Morgan fingerprint density at radius 1 is 1.40 bits per heavy atom. The molecule has 0 saturated carbocycles. The van der Waals surface area contributed by atoms with Gasteiger partial charge < -0.3 is 14.5 Å². The summed E-state index contributed by atoms with van der Waals surface area (Å²) < 4.78 is 5.22. The van der Waals surface area contributed by atoms with E-state index in [2.05, 4.69) is 10.3 Å². The molecule has 1 saturated heterocycles. The van der Waals surface area contributed by atoms with Gasteiger partial charge in [-0.05, 0) is 0 Å². The predicted octanol–water partition coefficient (Wildman–Crippen LogP) is -0.610. The van der Waals surface area contributed by atoms with Crippen LogP contribution in [0.5, 0.6) is 0 Å². The molecular weight excluding hydrogens is 194 g/mol. The molecule has 6 nitrogen and oxygen atoms in total. The van der Waals surface area contributed by atoms with E-state index >= 15 is 0 Å². The summed E-state index contributed by atoms with van der Waals surface area (Å²) in [5.41, 5.74) is 0. The lowest BCUT2D eigenvalue weighted by molar-refractivity contribution is 0.0666. The van der Waals surface area contributed by atoms with Crippen molar-refractivity contribution >= 4 is 11.9 Å². The van der Waals surface area contributed by atoms with E-state index in [4.69, 9.17) is 10.1 Å². The number of morpholine rings is 1. The van der Waals surface area contributed by atoms with Crippen LogP contribution in [0.4, 0.5) is 0 Å². The van der Waals surface area contributed by atoms with Crippen LogP contribution in [0.25, 0.3) is 0 Å². The van der Waals surface area contributed by atoms with E-state index in [-0.39, 0.29) is 0 Å². The number of guanidine groups is 2. The first-order valence-electron chi connectivity index (χ1n) is 4.97. The van der Waals surface area contributed by atoms with Crippen LogP contribution in [0.2, 0.25) is 0 Å². The highest BCUT2D eigenvalue weighted by molar-refractivity contribution is 5.97. The van der Waals surface area contributed by atoms with Crippen LogP contribution < -0.4 is 5.32 Å². The fourth-order valence-corrected chi connectivity index (χ4v) is 1.34. The van der Waals surface area contributed by atoms with Gasteiger partial charge >= 0.3 is 0 Å². The van der Waals surface area contributed by atoms with Crippen LogP contribution in [0.15, 0.2) is 4.99 Å². The monoisotopic (exact) mass is 213 g/mol. The van der Waals surface area contributed by atoms with Gasteiger partial charge in [-0.3, -0.25) is 15.7 Å². The normalized spacial score (nSPS) is 17.5. The van der Waals surface area contributed by atoms with Crippen molar-refractivity contribution < 1.29 is 4.74 Å². The molecular formula is C9H19N5O. The molecule has 1 fully saturated rings. The van der Waals surface area contributed by atoms with Crippen molar-refractivity contribution in [2.75, 3.05) is 47.4 Å². The molecule has 0 radical (unpaired) electrons. The Labute approximate surface area is 90.4 Å². The Bertz CT molecular complexity index is 245. The molecule has 0 unspecified atom stereocenters. The minimum atomic E-state index is 0.382. The van der Waals surface area contributed by atoms with E-state index < -0.39 is 0 Å². The largest absolute Gasteiger partial charge is 0.378 e. The summed E-state index contributed by atoms with van der Waals surface area (Å²) in [6, 6.07) is 0. The summed E-state index contributed by atoms with van der Waals surface area (Å²) in [5, 5.41) is 10.8. The van der Waals surface area contributed by atoms with Crippen LogP contribution in [0.1, 0.15) is 0 Å². The maximum absolute atomic E-state index is 7.86. The number of aliphatic imine (C=N–C) groups is 1. The summed E-state index contributed by atoms with van der Waals surface area (Å²) >= 11 is 0. The second kappa shape index (κ2) is 5.55. The molecule has 2 N–H and O–H groups in total. The smallest absolute Gasteiger partial charge is 0.199 e. The number of hydrogen-bond donors (Lipinski definition) is 2. The van der Waals surface area contributed by atoms with Gasteiger partial charge in [-0.25, -0.2) is 0 Å². The van der Waals surface area contributed by atoms with Gasteiger partial charge in [-0.15, -0.1) is 0 Å². The zero-order valence-electron chi connectivity index (χ0n) is 9.58. The molecule has 6 heteroatoms. The molecule has 0 bridgehead atoms. The van der Waals surface area contributed by atoms with Crippen molar-refractivity contribution in [3.05, 3.63) is 0 Å². The van der Waals surface area contributed by atoms with Crippen molar-refractivity contribution in [3.63, 3.8) is 0 Å². The van der Waals surface area contributed by atoms with E-state index in [1.165, 1.54) is 0 Å². The van der Waals surface area contributed by atoms with E-state index in [1.54, 1.807) is 7.05 Å². The fraction of sp³-hybridized carbons (Fsp3) is 0.778. The van der Waals surface area contributed by atoms with Crippen LogP contribution in [-0.2, 0) is 4.74 Å². The van der Waals surface area contributed by atoms with Gasteiger partial charge in [0, 0.05) is 34.2 Å². The van der Waals surface area contributed by atoms with Gasteiger partial charge in [0.2, 0.25) is 0 Å². The lowest BCUT2D eigenvalue weighted by atomic mass is 10.4. The van der Waals surface area contributed by atoms with Crippen molar-refractivity contribution in [2.24, 2.45) is 4.99 Å². The molecule has 0 amide bonds. The van der Waals surface area contributed by atoms with E-state index in [0.717, 1.165) is 13.1 Å². The van der Waals surface area contributed by atoms with Crippen molar-refractivity contribution in [1.82, 2.24) is 15.1 Å². The second-order valence-corrected chi connectivity index (χ2v) is 3.51. The molecule has 1 heterocycles. The highest BCUT2D eigenvalue weighted by Crippen LogP contribution is 1.96. The Morgan fingerprint density at radius 2 is 2.00 bits per heavy atom. The molecule has 15 heavy (non-hydrogen) atoms. The number of rotatable bonds is 0. The second-order valence-electron chi connectivity index (χ2n) is 3.51. The Hall–Kier alpha value is -1.30. The zero-order valence-corrected chi connectivity index (χ0v) is 9.58. The van der Waals surface area contributed by atoms with Crippen LogP contribution in [-0.4, -0.2) is 69.2 Å². The first kappa shape index (κ1) is 11.8. The van der Waals surface area contributed by atoms with Crippen LogP contribution in [0, 0.1) is 5.41 Å². The van der Waals surface area contributed by atoms with Crippen molar-refractivity contribution in [3.8, 4) is 0 Å². The van der Waals surface area contributed by atoms with E-state index in [1.807, 2.05) is 23.9 Å². The topological polar surface area (TPSA) is 64.0 Å². The highest BCUT2D eigenvalue weighted by Gasteiger charge is 2.15. The molecule has 1 aliphatic heterocycles. The maximum atomic E-state index is 7.86. The third kappa shape index (κ3) is 3.39. The quantitative estimate of drug-likeness (QED) is 0.416. The van der Waals surface area contributed by atoms with Gasteiger partial charge in [-0.2, -0.15) is 0 Å². The zero-order chi connectivity index (χ0) is 11.3. The molecule has 86 valence electrons. The third-order valence-electron chi connectivity index (χ3n) is 2.19. The standard InChI is InChI=1S/C9H19N5O/c1-11-9(13(2)3)12-8(10)14-4-6-15-7-5-14/h4-7H2,1-3H3,(H2,10,11,12). The summed E-state index contributed by atoms with van der Waals surface area (Å²) in [5.74, 6) is 1.07. The Balaban J connectivity index is 2.46. The Kier molecular flexibility index (Phi) is 4.36. The molecule has 0 aromatic rings. The van der Waals surface area contributed by atoms with Crippen molar-refractivity contribution in [2.45, 2.75) is 0 Å². The van der Waals surface area contributed by atoms with Gasteiger partial charge in [0.05, 0.1) is 13.2 Å². The van der Waals surface area contributed by atoms with Crippen molar-refractivity contribution in [1.29, 1.82) is 5.41 Å². The lowest BCUT2D eigenvalue weighted by Gasteiger charge is -2.30. The molecule has 1 rings (SSSR count). The minimum Gasteiger partial charge on any atom is -0.378 e. The van der Waals surface area contributed by atoms with E-state index in [0.29, 0.717) is 25.1 Å². The summed E-state index contributed by atoms with van der Waals surface area (Å²) in [7, 11) is 5.48. The SMILES string of the molecule is CN=C(NC(=N)N1CCOCC1)N(C)C. The third-order valence-corrected chi connectivity index (χ3v) is 2.19. The first-order chi connectivity index (χ1) is 7.15. The predicted molar refractivity (Wildman–Crippen MR) is 60.3 cm³/mol. The van der Waals surface area contributed by atoms with Gasteiger partial charge in [0.1, 0.15) is 0 Å². The molecule has 1 aliphatic rings. The maximum Gasteiger partial charge on any atom is 0.199 e. The molecule has 0 aliphatic carbocycles. The number of nitrogens with zero attached hydrogens (tertiary/aromatic N) is 3. The average molecular weight is 213 g/mol. The lowest BCUT2D eigenvalue weighted by Crippen LogP contribution is -2.51. The van der Waals surface area contributed by atoms with Crippen LogP contribution in [0.3, 0.4) is 0 Å². The minimum absolute atomic E-state index is 0.382. The average Bonchev–Trinajstić information content (AvgIpc) is 2.26. The molecule has 0 aromatic heterocycles. The molecule has 0 spiro atoms. The summed E-state index contributed by atoms with van der Waals surface area (Å²) in [4.78, 5) is 7.84. The van der Waals surface area contributed by atoms with Gasteiger partial charge in [0.25, 0.3) is 0 Å². The van der Waals surface area contributed by atoms with Crippen LogP contribution >= 0.6 is 0 Å².